The number of amides is 3. The van der Waals surface area contributed by atoms with Crippen LogP contribution >= 0.6 is 15.9 Å². The van der Waals surface area contributed by atoms with Crippen molar-refractivity contribution < 1.29 is 14.3 Å². The zero-order valence-electron chi connectivity index (χ0n) is 18.2. The number of piperidine rings is 1. The molecule has 0 unspecified atom stereocenters. The van der Waals surface area contributed by atoms with Gasteiger partial charge in [-0.05, 0) is 56.2 Å². The van der Waals surface area contributed by atoms with E-state index in [0.29, 0.717) is 45.2 Å². The maximum Gasteiger partial charge on any atom is 0.317 e. The summed E-state index contributed by atoms with van der Waals surface area (Å²) >= 11 is 3.49. The Bertz CT molecular complexity index is 750. The molecule has 2 saturated heterocycles. The van der Waals surface area contributed by atoms with Crippen LogP contribution in [0, 0.1) is 0 Å². The Balaban J connectivity index is 1.33. The number of carbonyl (C=O) groups excluding carboxylic acids is 2. The highest BCUT2D eigenvalue weighted by Crippen LogP contribution is 2.36. The Morgan fingerprint density at radius 3 is 2.16 bits per heavy atom. The molecule has 1 saturated carbocycles. The van der Waals surface area contributed by atoms with Gasteiger partial charge in [0.25, 0.3) is 0 Å². The number of nitrogens with zero attached hydrogens (tertiary/aromatic N) is 1. The lowest BCUT2D eigenvalue weighted by Gasteiger charge is -2.39. The Labute approximate surface area is 193 Å². The van der Waals surface area contributed by atoms with Crippen LogP contribution in [-0.4, -0.2) is 55.2 Å². The fourth-order valence-electron chi connectivity index (χ4n) is 5.20. The molecular formula is C24H34BrN3O3. The number of hydrogen-bond acceptors (Lipinski definition) is 3. The van der Waals surface area contributed by atoms with Gasteiger partial charge >= 0.3 is 6.03 Å². The number of nitrogens with one attached hydrogen (secondary N) is 2. The predicted molar refractivity (Wildman–Crippen MR) is 124 cm³/mol. The largest absolute Gasteiger partial charge is 0.381 e. The quantitative estimate of drug-likeness (QED) is 0.665. The molecule has 0 bridgehead atoms. The van der Waals surface area contributed by atoms with Crippen molar-refractivity contribution in [1.82, 2.24) is 15.5 Å². The third kappa shape index (κ3) is 5.43. The van der Waals surface area contributed by atoms with Crippen LogP contribution in [0.1, 0.15) is 63.4 Å². The highest BCUT2D eigenvalue weighted by Gasteiger charge is 2.42. The van der Waals surface area contributed by atoms with Crippen molar-refractivity contribution in [3.63, 3.8) is 0 Å². The van der Waals surface area contributed by atoms with E-state index >= 15 is 0 Å². The van der Waals surface area contributed by atoms with E-state index in [1.807, 2.05) is 29.2 Å². The molecule has 0 spiro atoms. The molecule has 4 rings (SSSR count). The molecule has 2 aliphatic heterocycles. The zero-order chi connectivity index (χ0) is 21.7. The third-order valence-corrected chi connectivity index (χ3v) is 7.76. The highest BCUT2D eigenvalue weighted by molar-refractivity contribution is 9.10. The van der Waals surface area contributed by atoms with Crippen molar-refractivity contribution in [3.8, 4) is 0 Å². The van der Waals surface area contributed by atoms with Crippen LogP contribution < -0.4 is 10.6 Å². The fourth-order valence-corrected chi connectivity index (χ4v) is 5.46. The molecule has 31 heavy (non-hydrogen) atoms. The van der Waals surface area contributed by atoms with Gasteiger partial charge in [-0.3, -0.25) is 4.79 Å². The van der Waals surface area contributed by atoms with Gasteiger partial charge in [0.2, 0.25) is 5.91 Å². The second-order valence-electron chi connectivity index (χ2n) is 9.22. The van der Waals surface area contributed by atoms with Crippen molar-refractivity contribution in [3.05, 3.63) is 34.3 Å². The second-order valence-corrected chi connectivity index (χ2v) is 10.1. The fraction of sp³-hybridized carbons (Fsp3) is 0.667. The minimum absolute atomic E-state index is 0.0624. The van der Waals surface area contributed by atoms with E-state index in [1.165, 1.54) is 19.3 Å². The molecule has 2 N–H and O–H groups in total. The van der Waals surface area contributed by atoms with Gasteiger partial charge in [-0.2, -0.15) is 0 Å². The summed E-state index contributed by atoms with van der Waals surface area (Å²) in [5.41, 5.74) is 0.523. The topological polar surface area (TPSA) is 70.7 Å². The van der Waals surface area contributed by atoms with Gasteiger partial charge in [0.05, 0.1) is 5.41 Å². The molecule has 0 atom stereocenters. The van der Waals surface area contributed by atoms with E-state index in [0.717, 1.165) is 35.7 Å². The smallest absolute Gasteiger partial charge is 0.317 e. The van der Waals surface area contributed by atoms with Crippen LogP contribution in [0.4, 0.5) is 4.79 Å². The molecule has 170 valence electrons. The Morgan fingerprint density at radius 1 is 0.903 bits per heavy atom. The molecule has 0 aromatic heterocycles. The van der Waals surface area contributed by atoms with E-state index in [2.05, 4.69) is 26.6 Å². The van der Waals surface area contributed by atoms with Crippen LogP contribution in [0.5, 0.6) is 0 Å². The Morgan fingerprint density at radius 2 is 1.52 bits per heavy atom. The molecular weight excluding hydrogens is 458 g/mol. The summed E-state index contributed by atoms with van der Waals surface area (Å²) in [5, 5.41) is 6.53. The summed E-state index contributed by atoms with van der Waals surface area (Å²) in [4.78, 5) is 28.0. The molecule has 1 aromatic carbocycles. The van der Waals surface area contributed by atoms with E-state index in [4.69, 9.17) is 4.74 Å². The van der Waals surface area contributed by atoms with E-state index in [9.17, 15) is 9.59 Å². The Hall–Kier alpha value is -1.60. The first-order valence-corrected chi connectivity index (χ1v) is 12.6. The van der Waals surface area contributed by atoms with Gasteiger partial charge in [-0.15, -0.1) is 0 Å². The van der Waals surface area contributed by atoms with Crippen LogP contribution in [0.2, 0.25) is 0 Å². The second kappa shape index (κ2) is 10.3. The number of hydrogen-bond donors (Lipinski definition) is 2. The Kier molecular flexibility index (Phi) is 7.54. The molecule has 3 aliphatic rings. The molecule has 0 radical (unpaired) electrons. The van der Waals surface area contributed by atoms with Gasteiger partial charge < -0.3 is 20.3 Å². The maximum absolute atomic E-state index is 13.5. The molecule has 3 amide bonds. The van der Waals surface area contributed by atoms with Crippen molar-refractivity contribution in [2.45, 2.75) is 75.3 Å². The number of carbonyl (C=O) groups is 2. The van der Waals surface area contributed by atoms with Crippen LogP contribution in [0.3, 0.4) is 0 Å². The summed E-state index contributed by atoms with van der Waals surface area (Å²) in [5.74, 6) is 0.100. The molecule has 1 aromatic rings. The van der Waals surface area contributed by atoms with E-state index in [-0.39, 0.29) is 18.0 Å². The molecule has 2 heterocycles. The minimum Gasteiger partial charge on any atom is -0.381 e. The standard InChI is InChI=1S/C24H34BrN3O3/c25-19-8-6-18(7-9-19)24(12-16-31-17-13-24)22(29)26-21-10-14-28(15-11-21)23(30)27-20-4-2-1-3-5-20/h6-9,20-21H,1-5,10-17H2,(H,26,29)(H,27,30). The number of ether oxygens (including phenoxy) is 1. The first kappa shape index (κ1) is 22.6. The van der Waals surface area contributed by atoms with Gasteiger partial charge in [0, 0.05) is 42.9 Å². The van der Waals surface area contributed by atoms with Crippen LogP contribution in [-0.2, 0) is 14.9 Å². The molecule has 7 heteroatoms. The first-order chi connectivity index (χ1) is 15.1. The third-order valence-electron chi connectivity index (χ3n) is 7.23. The van der Waals surface area contributed by atoms with Crippen molar-refractivity contribution >= 4 is 27.9 Å². The van der Waals surface area contributed by atoms with Crippen LogP contribution in [0.25, 0.3) is 0 Å². The average Bonchev–Trinajstić information content (AvgIpc) is 2.81. The monoisotopic (exact) mass is 491 g/mol. The maximum atomic E-state index is 13.5. The first-order valence-electron chi connectivity index (χ1n) is 11.8. The van der Waals surface area contributed by atoms with Gasteiger partial charge in [0.1, 0.15) is 0 Å². The zero-order valence-corrected chi connectivity index (χ0v) is 19.8. The normalized spacial score (nSPS) is 22.7. The van der Waals surface area contributed by atoms with Gasteiger partial charge in [-0.25, -0.2) is 4.79 Å². The number of likely N-dealkylation sites (tertiary alicyclic amines) is 1. The SMILES string of the molecule is O=C(NC1CCCCC1)N1CCC(NC(=O)C2(c3ccc(Br)cc3)CCOCC2)CC1. The summed E-state index contributed by atoms with van der Waals surface area (Å²) in [6.07, 6.45) is 8.90. The molecule has 1 aliphatic carbocycles. The summed E-state index contributed by atoms with van der Waals surface area (Å²) in [6.45, 7) is 2.59. The van der Waals surface area contributed by atoms with Crippen LogP contribution in [0.15, 0.2) is 28.7 Å². The number of benzene rings is 1. The lowest BCUT2D eigenvalue weighted by Crippen LogP contribution is -2.55. The van der Waals surface area contributed by atoms with Crippen molar-refractivity contribution in [2.75, 3.05) is 26.3 Å². The summed E-state index contributed by atoms with van der Waals surface area (Å²) in [7, 11) is 0. The lowest BCUT2D eigenvalue weighted by atomic mass is 9.73. The van der Waals surface area contributed by atoms with Crippen molar-refractivity contribution in [2.24, 2.45) is 0 Å². The van der Waals surface area contributed by atoms with Gasteiger partial charge in [-0.1, -0.05) is 47.3 Å². The molecule has 6 nitrogen and oxygen atoms in total. The highest BCUT2D eigenvalue weighted by atomic mass is 79.9. The number of urea groups is 1. The lowest BCUT2D eigenvalue weighted by molar-refractivity contribution is -0.131. The van der Waals surface area contributed by atoms with Crippen molar-refractivity contribution in [1.29, 1.82) is 0 Å². The number of rotatable bonds is 4. The van der Waals surface area contributed by atoms with E-state index in [1.54, 1.807) is 0 Å². The summed E-state index contributed by atoms with van der Waals surface area (Å²) in [6, 6.07) is 8.61. The van der Waals surface area contributed by atoms with Gasteiger partial charge in [0.15, 0.2) is 0 Å². The average molecular weight is 492 g/mol. The molecule has 3 fully saturated rings. The predicted octanol–water partition coefficient (Wildman–Crippen LogP) is 4.12. The number of halogens is 1. The van der Waals surface area contributed by atoms with E-state index < -0.39 is 5.41 Å². The summed E-state index contributed by atoms with van der Waals surface area (Å²) < 4.78 is 6.58. The minimum atomic E-state index is -0.533.